The van der Waals surface area contributed by atoms with Crippen molar-refractivity contribution in [1.29, 1.82) is 0 Å². The number of amides is 2. The average Bonchev–Trinajstić information content (AvgIpc) is 2.69. The lowest BCUT2D eigenvalue weighted by Crippen LogP contribution is -2.51. The number of benzene rings is 2. The second kappa shape index (κ2) is 8.10. The maximum absolute atomic E-state index is 13.7. The van der Waals surface area contributed by atoms with Crippen molar-refractivity contribution in [3.05, 3.63) is 71.0 Å². The highest BCUT2D eigenvalue weighted by Gasteiger charge is 2.25. The van der Waals surface area contributed by atoms with Gasteiger partial charge in [-0.25, -0.2) is 4.39 Å². The average molecular weight is 355 g/mol. The predicted octanol–water partition coefficient (Wildman–Crippen LogP) is 1.81. The van der Waals surface area contributed by atoms with E-state index in [1.807, 2.05) is 12.1 Å². The van der Waals surface area contributed by atoms with Crippen molar-refractivity contribution in [2.75, 3.05) is 26.2 Å². The van der Waals surface area contributed by atoms with E-state index >= 15 is 0 Å². The van der Waals surface area contributed by atoms with Gasteiger partial charge in [-0.2, -0.15) is 0 Å². The Morgan fingerprint density at radius 1 is 0.962 bits per heavy atom. The molecule has 1 heterocycles. The lowest BCUT2D eigenvalue weighted by atomic mass is 10.1. The van der Waals surface area contributed by atoms with Gasteiger partial charge in [-0.05, 0) is 29.3 Å². The van der Waals surface area contributed by atoms with Gasteiger partial charge in [-0.3, -0.25) is 9.59 Å². The van der Waals surface area contributed by atoms with Crippen molar-refractivity contribution < 1.29 is 14.0 Å². The van der Waals surface area contributed by atoms with Crippen LogP contribution >= 0.6 is 0 Å². The third-order valence-corrected chi connectivity index (χ3v) is 4.63. The molecule has 0 bridgehead atoms. The molecule has 1 aliphatic heterocycles. The van der Waals surface area contributed by atoms with E-state index in [2.05, 4.69) is 0 Å². The summed E-state index contributed by atoms with van der Waals surface area (Å²) in [5.41, 5.74) is 7.55. The van der Waals surface area contributed by atoms with Crippen LogP contribution in [-0.4, -0.2) is 47.8 Å². The summed E-state index contributed by atoms with van der Waals surface area (Å²) in [7, 11) is 0. The van der Waals surface area contributed by atoms with Crippen LogP contribution in [0.5, 0.6) is 0 Å². The molecule has 2 aromatic carbocycles. The van der Waals surface area contributed by atoms with Crippen LogP contribution in [0.4, 0.5) is 4.39 Å². The first-order valence-corrected chi connectivity index (χ1v) is 8.68. The highest BCUT2D eigenvalue weighted by Crippen LogP contribution is 2.13. The summed E-state index contributed by atoms with van der Waals surface area (Å²) < 4.78 is 13.7. The van der Waals surface area contributed by atoms with Gasteiger partial charge in [0.25, 0.3) is 5.91 Å². The maximum Gasteiger partial charge on any atom is 0.253 e. The molecule has 1 saturated heterocycles. The van der Waals surface area contributed by atoms with Gasteiger partial charge in [0.15, 0.2) is 0 Å². The SMILES string of the molecule is NCc1cccc(C(=O)N2CCN(C(=O)Cc3ccccc3F)CC2)c1. The van der Waals surface area contributed by atoms with E-state index in [1.54, 1.807) is 40.1 Å². The van der Waals surface area contributed by atoms with Gasteiger partial charge in [0.05, 0.1) is 6.42 Å². The van der Waals surface area contributed by atoms with Crippen LogP contribution in [0.25, 0.3) is 0 Å². The summed E-state index contributed by atoms with van der Waals surface area (Å²) in [5.74, 6) is -0.539. The van der Waals surface area contributed by atoms with Gasteiger partial charge in [0, 0.05) is 38.3 Å². The first kappa shape index (κ1) is 18.1. The summed E-state index contributed by atoms with van der Waals surface area (Å²) in [6, 6.07) is 13.6. The molecule has 26 heavy (non-hydrogen) atoms. The van der Waals surface area contributed by atoms with E-state index in [-0.39, 0.29) is 24.1 Å². The van der Waals surface area contributed by atoms with Crippen molar-refractivity contribution in [3.63, 3.8) is 0 Å². The van der Waals surface area contributed by atoms with Crippen LogP contribution in [0.3, 0.4) is 0 Å². The molecule has 5 nitrogen and oxygen atoms in total. The molecule has 0 aliphatic carbocycles. The van der Waals surface area contributed by atoms with Crippen molar-refractivity contribution in [3.8, 4) is 0 Å². The predicted molar refractivity (Wildman–Crippen MR) is 96.9 cm³/mol. The van der Waals surface area contributed by atoms with E-state index in [0.29, 0.717) is 43.9 Å². The lowest BCUT2D eigenvalue weighted by molar-refractivity contribution is -0.132. The van der Waals surface area contributed by atoms with E-state index < -0.39 is 0 Å². The molecule has 0 radical (unpaired) electrons. The third-order valence-electron chi connectivity index (χ3n) is 4.63. The Bertz CT molecular complexity index is 801. The zero-order valence-corrected chi connectivity index (χ0v) is 14.5. The fourth-order valence-corrected chi connectivity index (χ4v) is 3.09. The van der Waals surface area contributed by atoms with Crippen LogP contribution in [0, 0.1) is 5.82 Å². The molecule has 3 rings (SSSR count). The normalized spacial score (nSPS) is 14.4. The lowest BCUT2D eigenvalue weighted by Gasteiger charge is -2.35. The molecule has 2 aromatic rings. The van der Waals surface area contributed by atoms with E-state index in [4.69, 9.17) is 5.73 Å². The molecular formula is C20H22FN3O2. The standard InChI is InChI=1S/C20H22FN3O2/c21-18-7-2-1-5-16(18)13-19(25)23-8-10-24(11-9-23)20(26)17-6-3-4-15(12-17)14-22/h1-7,12H,8-11,13-14,22H2. The van der Waals surface area contributed by atoms with Crippen molar-refractivity contribution in [2.45, 2.75) is 13.0 Å². The monoisotopic (exact) mass is 355 g/mol. The topological polar surface area (TPSA) is 66.6 Å². The summed E-state index contributed by atoms with van der Waals surface area (Å²) >= 11 is 0. The molecule has 1 fully saturated rings. The zero-order chi connectivity index (χ0) is 18.5. The van der Waals surface area contributed by atoms with Gasteiger partial charge >= 0.3 is 0 Å². The maximum atomic E-state index is 13.7. The first-order chi connectivity index (χ1) is 12.6. The number of nitrogens with two attached hydrogens (primary N) is 1. The minimum absolute atomic E-state index is 0.0408. The summed E-state index contributed by atoms with van der Waals surface area (Å²) in [6.45, 7) is 2.23. The highest BCUT2D eigenvalue weighted by atomic mass is 19.1. The van der Waals surface area contributed by atoms with Crippen LogP contribution in [0.15, 0.2) is 48.5 Å². The van der Waals surface area contributed by atoms with Crippen molar-refractivity contribution in [2.24, 2.45) is 5.73 Å². The van der Waals surface area contributed by atoms with Gasteiger partial charge in [0.1, 0.15) is 5.82 Å². The molecule has 0 aromatic heterocycles. The summed E-state index contributed by atoms with van der Waals surface area (Å²) in [4.78, 5) is 28.4. The molecule has 2 N–H and O–H groups in total. The van der Waals surface area contributed by atoms with E-state index in [0.717, 1.165) is 5.56 Å². The quantitative estimate of drug-likeness (QED) is 0.910. The largest absolute Gasteiger partial charge is 0.339 e. The van der Waals surface area contributed by atoms with Gasteiger partial charge < -0.3 is 15.5 Å². The van der Waals surface area contributed by atoms with E-state index in [1.165, 1.54) is 6.07 Å². The van der Waals surface area contributed by atoms with Crippen LogP contribution in [0.2, 0.25) is 0 Å². The fourth-order valence-electron chi connectivity index (χ4n) is 3.09. The van der Waals surface area contributed by atoms with Crippen LogP contribution in [-0.2, 0) is 17.8 Å². The Hall–Kier alpha value is -2.73. The Morgan fingerprint density at radius 2 is 1.65 bits per heavy atom. The van der Waals surface area contributed by atoms with Gasteiger partial charge in [0.2, 0.25) is 5.91 Å². The fraction of sp³-hybridized carbons (Fsp3) is 0.300. The Morgan fingerprint density at radius 3 is 2.35 bits per heavy atom. The molecule has 0 spiro atoms. The number of carbonyl (C=O) groups is 2. The smallest absolute Gasteiger partial charge is 0.253 e. The Balaban J connectivity index is 1.57. The van der Waals surface area contributed by atoms with E-state index in [9.17, 15) is 14.0 Å². The molecule has 2 amide bonds. The van der Waals surface area contributed by atoms with Crippen LogP contribution < -0.4 is 5.73 Å². The highest BCUT2D eigenvalue weighted by molar-refractivity contribution is 5.94. The number of piperazine rings is 1. The third kappa shape index (κ3) is 4.08. The van der Waals surface area contributed by atoms with Gasteiger partial charge in [-0.15, -0.1) is 0 Å². The second-order valence-corrected chi connectivity index (χ2v) is 6.35. The number of carbonyl (C=O) groups excluding carboxylic acids is 2. The number of hydrogen-bond donors (Lipinski definition) is 1. The number of nitrogens with zero attached hydrogens (tertiary/aromatic N) is 2. The summed E-state index contributed by atoms with van der Waals surface area (Å²) in [5, 5.41) is 0. The Labute approximate surface area is 152 Å². The molecule has 0 saturated carbocycles. The minimum Gasteiger partial charge on any atom is -0.339 e. The Kier molecular flexibility index (Phi) is 5.63. The second-order valence-electron chi connectivity index (χ2n) is 6.35. The zero-order valence-electron chi connectivity index (χ0n) is 14.5. The first-order valence-electron chi connectivity index (χ1n) is 8.68. The molecule has 1 aliphatic rings. The van der Waals surface area contributed by atoms with Crippen molar-refractivity contribution in [1.82, 2.24) is 9.80 Å². The minimum atomic E-state index is -0.366. The van der Waals surface area contributed by atoms with Crippen molar-refractivity contribution >= 4 is 11.8 Å². The molecule has 136 valence electrons. The molecule has 6 heteroatoms. The van der Waals surface area contributed by atoms with Crippen LogP contribution in [0.1, 0.15) is 21.5 Å². The number of hydrogen-bond acceptors (Lipinski definition) is 3. The molecular weight excluding hydrogens is 333 g/mol. The molecule has 0 atom stereocenters. The number of halogens is 1. The molecule has 0 unspecified atom stereocenters. The summed E-state index contributed by atoms with van der Waals surface area (Å²) in [6.07, 6.45) is 0.0408. The number of rotatable bonds is 4. The van der Waals surface area contributed by atoms with Gasteiger partial charge in [-0.1, -0.05) is 30.3 Å².